The van der Waals surface area contributed by atoms with Crippen LogP contribution >= 0.6 is 0 Å². The van der Waals surface area contributed by atoms with E-state index in [4.69, 9.17) is 14.2 Å². The van der Waals surface area contributed by atoms with Crippen LogP contribution in [0.25, 0.3) is 0 Å². The molecule has 1 aliphatic heterocycles. The maximum atomic E-state index is 12.8. The van der Waals surface area contributed by atoms with Gasteiger partial charge in [-0.2, -0.15) is 0 Å². The van der Waals surface area contributed by atoms with E-state index in [2.05, 4.69) is 11.0 Å². The first-order valence-electron chi connectivity index (χ1n) is 10.5. The number of carboxylic acid groups (broad SMARTS) is 1. The Labute approximate surface area is 188 Å². The van der Waals surface area contributed by atoms with E-state index >= 15 is 0 Å². The monoisotopic (exact) mass is 433 g/mol. The number of hydrogen-bond donors (Lipinski definition) is 1. The number of carboxylic acids is 1. The van der Waals surface area contributed by atoms with Crippen LogP contribution in [0.5, 0.6) is 17.2 Å². The molecule has 6 nitrogen and oxygen atoms in total. The van der Waals surface area contributed by atoms with Crippen molar-refractivity contribution in [3.05, 3.63) is 89.5 Å². The predicted molar refractivity (Wildman–Crippen MR) is 122 cm³/mol. The third kappa shape index (κ3) is 3.67. The number of rotatable bonds is 7. The molecular formula is C26H27NO5. The van der Waals surface area contributed by atoms with Crippen molar-refractivity contribution in [2.75, 3.05) is 27.8 Å². The van der Waals surface area contributed by atoms with Gasteiger partial charge in [-0.15, -0.1) is 0 Å². The summed E-state index contributed by atoms with van der Waals surface area (Å²) in [5.74, 6) is 0.351. The Bertz CT molecular complexity index is 1080. The van der Waals surface area contributed by atoms with Gasteiger partial charge in [0.1, 0.15) is 22.8 Å². The lowest BCUT2D eigenvalue weighted by atomic mass is 9.72. The Balaban J connectivity index is 1.94. The second-order valence-electron chi connectivity index (χ2n) is 7.85. The van der Waals surface area contributed by atoms with Gasteiger partial charge in [0.05, 0.1) is 14.2 Å². The average molecular weight is 434 g/mol. The van der Waals surface area contributed by atoms with Crippen molar-refractivity contribution < 1.29 is 24.1 Å². The molecule has 0 aliphatic carbocycles. The molecule has 4 rings (SSSR count). The van der Waals surface area contributed by atoms with E-state index < -0.39 is 17.6 Å². The van der Waals surface area contributed by atoms with Gasteiger partial charge in [0.25, 0.3) is 0 Å². The molecule has 1 heterocycles. The normalized spacial score (nSPS) is 19.0. The molecule has 0 fully saturated rings. The van der Waals surface area contributed by atoms with E-state index in [1.807, 2.05) is 55.6 Å². The number of likely N-dealkylation sites (N-methyl/N-ethyl adjacent to an activating group) is 1. The Morgan fingerprint density at radius 2 is 1.53 bits per heavy atom. The summed E-state index contributed by atoms with van der Waals surface area (Å²) in [5, 5.41) is 10.5. The molecule has 0 amide bonds. The highest BCUT2D eigenvalue weighted by Crippen LogP contribution is 2.45. The number of carbonyl (C=O) groups is 1. The highest BCUT2D eigenvalue weighted by atomic mass is 16.5. The number of nitrogens with zero attached hydrogens (tertiary/aromatic N) is 1. The van der Waals surface area contributed by atoms with E-state index in [9.17, 15) is 9.90 Å². The van der Waals surface area contributed by atoms with Gasteiger partial charge in [-0.25, -0.2) is 4.79 Å². The van der Waals surface area contributed by atoms with Crippen LogP contribution in [0.2, 0.25) is 0 Å². The van der Waals surface area contributed by atoms with Crippen LogP contribution in [0.15, 0.2) is 72.8 Å². The zero-order valence-electron chi connectivity index (χ0n) is 18.4. The molecular weight excluding hydrogens is 406 g/mol. The molecule has 1 aliphatic rings. The van der Waals surface area contributed by atoms with Crippen molar-refractivity contribution in [1.29, 1.82) is 0 Å². The Hall–Kier alpha value is -3.51. The van der Waals surface area contributed by atoms with Gasteiger partial charge in [-0.05, 0) is 30.2 Å². The van der Waals surface area contributed by atoms with Crippen molar-refractivity contribution in [3.8, 4) is 17.2 Å². The highest BCUT2D eigenvalue weighted by molar-refractivity contribution is 5.77. The summed E-state index contributed by atoms with van der Waals surface area (Å²) < 4.78 is 17.0. The molecule has 32 heavy (non-hydrogen) atoms. The molecule has 3 aromatic carbocycles. The standard InChI is InChI=1S/C26H27NO5/c1-27-14-13-18-9-7-8-12-23(18)26(27,19-10-5-4-6-11-19)24(25(28)29)32-22-16-20(30-2)15-21(17-22)31-3/h4-12,15-17,24H,13-14H2,1-3H3,(H,28,29)/t24-,26+/m1/s1. The van der Waals surface area contributed by atoms with Gasteiger partial charge in [0.2, 0.25) is 6.10 Å². The van der Waals surface area contributed by atoms with Gasteiger partial charge in [-0.3, -0.25) is 4.90 Å². The van der Waals surface area contributed by atoms with E-state index in [1.54, 1.807) is 32.4 Å². The minimum absolute atomic E-state index is 0.361. The molecule has 0 unspecified atom stereocenters. The predicted octanol–water partition coefficient (Wildman–Crippen LogP) is 3.97. The summed E-state index contributed by atoms with van der Waals surface area (Å²) in [6, 6.07) is 22.8. The van der Waals surface area contributed by atoms with Crippen molar-refractivity contribution in [3.63, 3.8) is 0 Å². The zero-order valence-corrected chi connectivity index (χ0v) is 18.4. The third-order valence-electron chi connectivity index (χ3n) is 6.14. The Kier molecular flexibility index (Phi) is 6.06. The van der Waals surface area contributed by atoms with Crippen LogP contribution in [0.4, 0.5) is 0 Å². The molecule has 1 N–H and O–H groups in total. The lowest BCUT2D eigenvalue weighted by molar-refractivity contribution is -0.152. The molecule has 0 bridgehead atoms. The Morgan fingerprint density at radius 3 is 2.16 bits per heavy atom. The van der Waals surface area contributed by atoms with Gasteiger partial charge in [0.15, 0.2) is 0 Å². The summed E-state index contributed by atoms with van der Waals surface area (Å²) in [6.45, 7) is 0.695. The second kappa shape index (κ2) is 8.93. The third-order valence-corrected chi connectivity index (χ3v) is 6.14. The second-order valence-corrected chi connectivity index (χ2v) is 7.85. The minimum atomic E-state index is -1.23. The van der Waals surface area contributed by atoms with Gasteiger partial charge in [0, 0.05) is 24.7 Å². The Morgan fingerprint density at radius 1 is 0.938 bits per heavy atom. The number of methoxy groups -OCH3 is 2. The number of aliphatic carboxylic acids is 1. The molecule has 0 aromatic heterocycles. The fourth-order valence-electron chi connectivity index (χ4n) is 4.64. The van der Waals surface area contributed by atoms with Crippen molar-refractivity contribution in [2.45, 2.75) is 18.1 Å². The molecule has 6 heteroatoms. The lowest BCUT2D eigenvalue weighted by Crippen LogP contribution is -2.61. The van der Waals surface area contributed by atoms with Gasteiger partial charge in [-0.1, -0.05) is 54.6 Å². The van der Waals surface area contributed by atoms with E-state index in [0.717, 1.165) is 23.1 Å². The maximum Gasteiger partial charge on any atom is 0.347 e. The fraction of sp³-hybridized carbons (Fsp3) is 0.269. The smallest absolute Gasteiger partial charge is 0.347 e. The first kappa shape index (κ1) is 21.7. The number of ether oxygens (including phenoxy) is 3. The largest absolute Gasteiger partial charge is 0.496 e. The van der Waals surface area contributed by atoms with Crippen molar-refractivity contribution in [2.24, 2.45) is 0 Å². The van der Waals surface area contributed by atoms with E-state index in [1.165, 1.54) is 0 Å². The van der Waals surface area contributed by atoms with Crippen LogP contribution in [0.1, 0.15) is 16.7 Å². The van der Waals surface area contributed by atoms with Gasteiger partial charge >= 0.3 is 5.97 Å². The number of benzene rings is 3. The first-order valence-corrected chi connectivity index (χ1v) is 10.5. The summed E-state index contributed by atoms with van der Waals surface area (Å²) in [7, 11) is 5.04. The van der Waals surface area contributed by atoms with Gasteiger partial charge < -0.3 is 19.3 Å². The SMILES string of the molecule is COc1cc(OC)cc(O[C@H](C(=O)O)[C@]2(c3ccccc3)c3ccccc3CCN2C)c1. The highest BCUT2D eigenvalue weighted by Gasteiger charge is 2.53. The zero-order chi connectivity index (χ0) is 22.7. The van der Waals surface area contributed by atoms with Crippen molar-refractivity contribution in [1.82, 2.24) is 4.90 Å². The topological polar surface area (TPSA) is 68.2 Å². The molecule has 0 saturated carbocycles. The maximum absolute atomic E-state index is 12.8. The quantitative estimate of drug-likeness (QED) is 0.608. The van der Waals surface area contributed by atoms with E-state index in [-0.39, 0.29) is 0 Å². The van der Waals surface area contributed by atoms with Crippen LogP contribution in [-0.2, 0) is 16.8 Å². The molecule has 0 radical (unpaired) electrons. The molecule has 0 spiro atoms. The van der Waals surface area contributed by atoms with Crippen LogP contribution in [0, 0.1) is 0 Å². The number of fused-ring (bicyclic) bond motifs is 1. The molecule has 3 aromatic rings. The summed E-state index contributed by atoms with van der Waals surface area (Å²) in [4.78, 5) is 14.9. The van der Waals surface area contributed by atoms with Crippen molar-refractivity contribution >= 4 is 5.97 Å². The average Bonchev–Trinajstić information content (AvgIpc) is 2.83. The molecule has 0 saturated heterocycles. The molecule has 2 atom stereocenters. The number of hydrogen-bond acceptors (Lipinski definition) is 5. The summed E-state index contributed by atoms with van der Waals surface area (Å²) in [5.41, 5.74) is 1.88. The lowest BCUT2D eigenvalue weighted by Gasteiger charge is -2.49. The molecule has 166 valence electrons. The van der Waals surface area contributed by atoms with Crippen LogP contribution in [-0.4, -0.2) is 49.9 Å². The van der Waals surface area contributed by atoms with E-state index in [0.29, 0.717) is 23.8 Å². The minimum Gasteiger partial charge on any atom is -0.496 e. The van der Waals surface area contributed by atoms with Crippen LogP contribution in [0.3, 0.4) is 0 Å². The fourth-order valence-corrected chi connectivity index (χ4v) is 4.64. The van der Waals surface area contributed by atoms with Crippen LogP contribution < -0.4 is 14.2 Å². The first-order chi connectivity index (χ1) is 15.5. The summed E-state index contributed by atoms with van der Waals surface area (Å²) in [6.07, 6.45) is -0.395. The summed E-state index contributed by atoms with van der Waals surface area (Å²) >= 11 is 0.